The molecule has 2 saturated heterocycles. The van der Waals surface area contributed by atoms with Crippen molar-refractivity contribution in [2.75, 3.05) is 26.9 Å². The lowest BCUT2D eigenvalue weighted by Gasteiger charge is -2.44. The van der Waals surface area contributed by atoms with Gasteiger partial charge in [-0.1, -0.05) is 0 Å². The number of nitrogens with two attached hydrogens (primary N) is 1. The van der Waals surface area contributed by atoms with Crippen molar-refractivity contribution in [1.29, 1.82) is 0 Å². The van der Waals surface area contributed by atoms with E-state index in [-0.39, 0.29) is 11.6 Å². The second-order valence-electron chi connectivity index (χ2n) is 5.92. The van der Waals surface area contributed by atoms with E-state index in [0.29, 0.717) is 11.8 Å². The first-order chi connectivity index (χ1) is 10.2. The molecule has 2 atom stereocenters. The smallest absolute Gasteiger partial charge is 0.233 e. The first kappa shape index (κ1) is 14.7. The molecule has 2 aliphatic rings. The molecule has 0 bridgehead atoms. The minimum absolute atomic E-state index is 0.0430. The largest absolute Gasteiger partial charge is 0.480 e. The molecular weight excluding hydrogens is 270 g/mol. The maximum absolute atomic E-state index is 6.42. The second-order valence-corrected chi connectivity index (χ2v) is 5.92. The van der Waals surface area contributed by atoms with Crippen LogP contribution in [0.25, 0.3) is 0 Å². The molecule has 0 saturated carbocycles. The lowest BCUT2D eigenvalue weighted by atomic mass is 9.77. The molecule has 3 heterocycles. The van der Waals surface area contributed by atoms with Gasteiger partial charge in [-0.15, -0.1) is 5.10 Å². The van der Waals surface area contributed by atoms with Gasteiger partial charge in [-0.05, 0) is 37.7 Å². The summed E-state index contributed by atoms with van der Waals surface area (Å²) < 4.78 is 16.6. The Hall–Kier alpha value is -1.24. The lowest BCUT2D eigenvalue weighted by molar-refractivity contribution is -0.149. The van der Waals surface area contributed by atoms with Crippen LogP contribution in [-0.2, 0) is 9.47 Å². The van der Waals surface area contributed by atoms with E-state index in [0.717, 1.165) is 51.2 Å². The third kappa shape index (κ3) is 3.17. The van der Waals surface area contributed by atoms with Crippen molar-refractivity contribution < 1.29 is 14.2 Å². The standard InChI is InChI=1S/C15H23N3O3/c1-19-13-3-2-12(17-18-13)14(16)11-4-7-21-15(10-11)5-8-20-9-6-15/h2-3,11,14H,4-10,16H2,1H3. The number of rotatable bonds is 3. The van der Waals surface area contributed by atoms with Crippen molar-refractivity contribution in [1.82, 2.24) is 10.2 Å². The van der Waals surface area contributed by atoms with E-state index in [1.54, 1.807) is 7.11 Å². The Bertz CT molecular complexity index is 454. The number of ether oxygens (including phenoxy) is 3. The molecule has 1 aromatic rings. The minimum Gasteiger partial charge on any atom is -0.480 e. The zero-order valence-electron chi connectivity index (χ0n) is 12.5. The Morgan fingerprint density at radius 2 is 2.10 bits per heavy atom. The molecule has 6 heteroatoms. The van der Waals surface area contributed by atoms with Gasteiger partial charge in [0.2, 0.25) is 5.88 Å². The molecule has 2 unspecified atom stereocenters. The highest BCUT2D eigenvalue weighted by atomic mass is 16.5. The minimum atomic E-state index is -0.105. The predicted octanol–water partition coefficient (Wildman–Crippen LogP) is 1.46. The molecule has 3 rings (SSSR count). The molecule has 6 nitrogen and oxygen atoms in total. The fourth-order valence-corrected chi connectivity index (χ4v) is 3.32. The first-order valence-electron chi connectivity index (χ1n) is 7.57. The molecule has 21 heavy (non-hydrogen) atoms. The summed E-state index contributed by atoms with van der Waals surface area (Å²) in [7, 11) is 1.58. The lowest BCUT2D eigenvalue weighted by Crippen LogP contribution is -2.46. The molecule has 0 aromatic carbocycles. The van der Waals surface area contributed by atoms with E-state index in [1.165, 1.54) is 0 Å². The van der Waals surface area contributed by atoms with Gasteiger partial charge in [0, 0.05) is 25.9 Å². The van der Waals surface area contributed by atoms with E-state index in [2.05, 4.69) is 10.2 Å². The van der Waals surface area contributed by atoms with E-state index >= 15 is 0 Å². The summed E-state index contributed by atoms with van der Waals surface area (Å²) in [4.78, 5) is 0. The van der Waals surface area contributed by atoms with Gasteiger partial charge in [0.25, 0.3) is 0 Å². The average Bonchev–Trinajstić information content (AvgIpc) is 2.55. The zero-order chi connectivity index (χ0) is 14.7. The van der Waals surface area contributed by atoms with Crippen LogP contribution in [0, 0.1) is 5.92 Å². The maximum atomic E-state index is 6.42. The van der Waals surface area contributed by atoms with Crippen molar-refractivity contribution in [2.45, 2.75) is 37.3 Å². The van der Waals surface area contributed by atoms with E-state index in [4.69, 9.17) is 19.9 Å². The van der Waals surface area contributed by atoms with Crippen LogP contribution in [-0.4, -0.2) is 42.7 Å². The molecule has 1 aromatic heterocycles. The van der Waals surface area contributed by atoms with Crippen molar-refractivity contribution in [3.05, 3.63) is 17.8 Å². The fourth-order valence-electron chi connectivity index (χ4n) is 3.32. The predicted molar refractivity (Wildman–Crippen MR) is 77.0 cm³/mol. The highest BCUT2D eigenvalue weighted by Gasteiger charge is 2.41. The van der Waals surface area contributed by atoms with E-state index in [9.17, 15) is 0 Å². The van der Waals surface area contributed by atoms with Gasteiger partial charge in [0.15, 0.2) is 0 Å². The molecule has 0 amide bonds. The highest BCUT2D eigenvalue weighted by molar-refractivity contribution is 5.15. The summed E-state index contributed by atoms with van der Waals surface area (Å²) in [6.07, 6.45) is 3.87. The first-order valence-corrected chi connectivity index (χ1v) is 7.57. The van der Waals surface area contributed by atoms with Crippen LogP contribution in [0.15, 0.2) is 12.1 Å². The highest BCUT2D eigenvalue weighted by Crippen LogP contribution is 2.40. The van der Waals surface area contributed by atoms with Crippen molar-refractivity contribution >= 4 is 0 Å². The summed E-state index contributed by atoms with van der Waals surface area (Å²) in [5.74, 6) is 0.887. The molecule has 2 aliphatic heterocycles. The van der Waals surface area contributed by atoms with E-state index in [1.807, 2.05) is 12.1 Å². The van der Waals surface area contributed by atoms with Crippen LogP contribution < -0.4 is 10.5 Å². The van der Waals surface area contributed by atoms with Gasteiger partial charge in [-0.2, -0.15) is 5.10 Å². The normalized spacial score (nSPS) is 26.5. The Labute approximate surface area is 125 Å². The van der Waals surface area contributed by atoms with Gasteiger partial charge in [0.1, 0.15) is 0 Å². The number of nitrogens with zero attached hydrogens (tertiary/aromatic N) is 2. The Balaban J connectivity index is 1.69. The van der Waals surface area contributed by atoms with Gasteiger partial charge >= 0.3 is 0 Å². The fraction of sp³-hybridized carbons (Fsp3) is 0.733. The van der Waals surface area contributed by atoms with Crippen LogP contribution in [0.2, 0.25) is 0 Å². The number of hydrogen-bond donors (Lipinski definition) is 1. The van der Waals surface area contributed by atoms with E-state index < -0.39 is 0 Å². The monoisotopic (exact) mass is 293 g/mol. The number of aromatic nitrogens is 2. The summed E-state index contributed by atoms with van der Waals surface area (Å²) in [5, 5.41) is 8.21. The number of hydrogen-bond acceptors (Lipinski definition) is 6. The number of methoxy groups -OCH3 is 1. The van der Waals surface area contributed by atoms with Crippen LogP contribution in [0.3, 0.4) is 0 Å². The van der Waals surface area contributed by atoms with Gasteiger partial charge in [-0.3, -0.25) is 0 Å². The van der Waals surface area contributed by atoms with Crippen molar-refractivity contribution in [3.8, 4) is 5.88 Å². The Morgan fingerprint density at radius 3 is 2.76 bits per heavy atom. The van der Waals surface area contributed by atoms with Crippen molar-refractivity contribution in [2.24, 2.45) is 11.7 Å². The Morgan fingerprint density at radius 1 is 1.29 bits per heavy atom. The van der Waals surface area contributed by atoms with Gasteiger partial charge < -0.3 is 19.9 Å². The van der Waals surface area contributed by atoms with Gasteiger partial charge in [-0.25, -0.2) is 0 Å². The topological polar surface area (TPSA) is 79.5 Å². The summed E-state index contributed by atoms with van der Waals surface area (Å²) in [6.45, 7) is 2.33. The third-order valence-electron chi connectivity index (χ3n) is 4.65. The zero-order valence-corrected chi connectivity index (χ0v) is 12.5. The van der Waals surface area contributed by atoms with Crippen LogP contribution in [0.4, 0.5) is 0 Å². The van der Waals surface area contributed by atoms with Crippen LogP contribution in [0.1, 0.15) is 37.4 Å². The molecular formula is C15H23N3O3. The van der Waals surface area contributed by atoms with Crippen molar-refractivity contribution in [3.63, 3.8) is 0 Å². The van der Waals surface area contributed by atoms with Crippen LogP contribution in [0.5, 0.6) is 5.88 Å². The quantitative estimate of drug-likeness (QED) is 0.909. The molecule has 2 fully saturated rings. The van der Waals surface area contributed by atoms with Gasteiger partial charge in [0.05, 0.1) is 24.4 Å². The summed E-state index contributed by atoms with van der Waals surface area (Å²) in [6, 6.07) is 3.61. The van der Waals surface area contributed by atoms with Crippen LogP contribution >= 0.6 is 0 Å². The molecule has 1 spiro atoms. The summed E-state index contributed by atoms with van der Waals surface area (Å²) >= 11 is 0. The second kappa shape index (κ2) is 6.25. The SMILES string of the molecule is COc1ccc(C(N)C2CCOC3(CCOCC3)C2)nn1. The average molecular weight is 293 g/mol. The molecule has 0 radical (unpaired) electrons. The summed E-state index contributed by atoms with van der Waals surface area (Å²) in [5.41, 5.74) is 7.20. The molecule has 0 aliphatic carbocycles. The molecule has 2 N–H and O–H groups in total. The Kier molecular flexibility index (Phi) is 4.37. The molecule has 116 valence electrons. The third-order valence-corrected chi connectivity index (χ3v) is 4.65. The maximum Gasteiger partial charge on any atom is 0.233 e.